The molecule has 0 unspecified atom stereocenters. The van der Waals surface area contributed by atoms with E-state index < -0.39 is 5.41 Å². The van der Waals surface area contributed by atoms with E-state index >= 15 is 0 Å². The molecule has 0 aliphatic heterocycles. The largest absolute Gasteiger partial charge is 0.383 e. The summed E-state index contributed by atoms with van der Waals surface area (Å²) in [5, 5.41) is 0. The van der Waals surface area contributed by atoms with Gasteiger partial charge in [-0.25, -0.2) is 0 Å². The summed E-state index contributed by atoms with van der Waals surface area (Å²) < 4.78 is 12.0. The van der Waals surface area contributed by atoms with Crippen molar-refractivity contribution in [1.29, 1.82) is 0 Å². The minimum Gasteiger partial charge on any atom is -0.383 e. The molecule has 0 amide bonds. The Labute approximate surface area is 208 Å². The Morgan fingerprint density at radius 3 is 1.00 bits per heavy atom. The predicted octanol–water partition coefficient (Wildman–Crippen LogP) is 7.50. The van der Waals surface area contributed by atoms with Crippen LogP contribution in [-0.2, 0) is 9.47 Å². The molecule has 0 fully saturated rings. The van der Waals surface area contributed by atoms with Gasteiger partial charge in [0.25, 0.3) is 0 Å². The first-order valence-corrected chi connectivity index (χ1v) is 12.0. The summed E-state index contributed by atoms with van der Waals surface area (Å²) in [6, 6.07) is 42.8. The van der Waals surface area contributed by atoms with Crippen LogP contribution in [0.25, 0.3) is 22.3 Å². The number of hydrogen-bond donors (Lipinski definition) is 0. The molecular formula is C33H30O2. The van der Waals surface area contributed by atoms with E-state index in [9.17, 15) is 0 Å². The highest BCUT2D eigenvalue weighted by molar-refractivity contribution is 6.29. The number of rotatable bonds is 8. The lowest BCUT2D eigenvalue weighted by Gasteiger charge is -2.35. The van der Waals surface area contributed by atoms with Crippen molar-refractivity contribution in [3.05, 3.63) is 144 Å². The van der Waals surface area contributed by atoms with Crippen LogP contribution in [0.3, 0.4) is 0 Å². The molecule has 2 heteroatoms. The van der Waals surface area contributed by atoms with E-state index in [2.05, 4.69) is 121 Å². The third-order valence-electron chi connectivity index (χ3n) is 6.74. The van der Waals surface area contributed by atoms with Crippen molar-refractivity contribution in [1.82, 2.24) is 0 Å². The van der Waals surface area contributed by atoms with E-state index in [4.69, 9.17) is 9.47 Å². The van der Waals surface area contributed by atoms with E-state index in [1.165, 1.54) is 44.5 Å². The van der Waals surface area contributed by atoms with Crippen molar-refractivity contribution in [2.45, 2.75) is 0 Å². The highest BCUT2D eigenvalue weighted by atomic mass is 16.5. The Bertz CT molecular complexity index is 1210. The molecule has 0 saturated heterocycles. The van der Waals surface area contributed by atoms with Crippen molar-refractivity contribution in [2.24, 2.45) is 5.41 Å². The molecule has 0 spiro atoms. The molecular weight excluding hydrogens is 428 g/mol. The van der Waals surface area contributed by atoms with E-state index in [0.29, 0.717) is 13.2 Å². The molecule has 0 bridgehead atoms. The van der Waals surface area contributed by atoms with Gasteiger partial charge in [-0.15, -0.1) is 0 Å². The molecule has 2 nitrogen and oxygen atoms in total. The fourth-order valence-corrected chi connectivity index (χ4v) is 5.51. The highest BCUT2D eigenvalue weighted by Crippen LogP contribution is 2.61. The Morgan fingerprint density at radius 1 is 0.429 bits per heavy atom. The van der Waals surface area contributed by atoms with Crippen molar-refractivity contribution < 1.29 is 9.47 Å². The van der Waals surface area contributed by atoms with Gasteiger partial charge in [0.2, 0.25) is 0 Å². The van der Waals surface area contributed by atoms with Crippen LogP contribution >= 0.6 is 0 Å². The lowest BCUT2D eigenvalue weighted by Crippen LogP contribution is -2.33. The van der Waals surface area contributed by atoms with Gasteiger partial charge < -0.3 is 9.47 Å². The van der Waals surface area contributed by atoms with Gasteiger partial charge in [0.15, 0.2) is 0 Å². The smallest absolute Gasteiger partial charge is 0.0693 e. The Hall–Kier alpha value is -3.72. The average Bonchev–Trinajstić information content (AvgIpc) is 3.21. The van der Waals surface area contributed by atoms with E-state index in [0.717, 1.165) is 0 Å². The molecule has 174 valence electrons. The third-order valence-corrected chi connectivity index (χ3v) is 6.74. The fourth-order valence-electron chi connectivity index (χ4n) is 5.51. The van der Waals surface area contributed by atoms with Crippen LogP contribution in [0.1, 0.15) is 22.3 Å². The topological polar surface area (TPSA) is 18.5 Å². The SMILES string of the molecule is COCC1(COC)C(c2ccccc2)=C(c2ccccc2)C(c2ccccc2)=C1c1ccccc1. The monoisotopic (exact) mass is 458 g/mol. The molecule has 4 aromatic rings. The fraction of sp³-hybridized carbons (Fsp3) is 0.152. The van der Waals surface area contributed by atoms with Crippen molar-refractivity contribution in [2.75, 3.05) is 27.4 Å². The summed E-state index contributed by atoms with van der Waals surface area (Å²) in [7, 11) is 3.57. The van der Waals surface area contributed by atoms with E-state index in [1.54, 1.807) is 14.2 Å². The summed E-state index contributed by atoms with van der Waals surface area (Å²) in [4.78, 5) is 0. The van der Waals surface area contributed by atoms with Crippen molar-refractivity contribution in [3.63, 3.8) is 0 Å². The number of methoxy groups -OCH3 is 2. The number of benzene rings is 4. The summed E-state index contributed by atoms with van der Waals surface area (Å²) in [5.41, 5.74) is 9.19. The van der Waals surface area contributed by atoms with Gasteiger partial charge in [-0.05, 0) is 44.5 Å². The van der Waals surface area contributed by atoms with E-state index in [-0.39, 0.29) is 0 Å². The first-order valence-electron chi connectivity index (χ1n) is 12.0. The molecule has 35 heavy (non-hydrogen) atoms. The molecule has 5 rings (SSSR count). The first-order chi connectivity index (χ1) is 17.3. The Kier molecular flexibility index (Phi) is 6.76. The van der Waals surface area contributed by atoms with Crippen LogP contribution in [0.2, 0.25) is 0 Å². The summed E-state index contributed by atoms with van der Waals surface area (Å²) in [5.74, 6) is 0. The lowest BCUT2D eigenvalue weighted by atomic mass is 9.72. The maximum absolute atomic E-state index is 6.01. The van der Waals surface area contributed by atoms with Gasteiger partial charge in [-0.1, -0.05) is 121 Å². The third kappa shape index (κ3) is 4.16. The number of ether oxygens (including phenoxy) is 2. The van der Waals surface area contributed by atoms with Gasteiger partial charge in [0, 0.05) is 14.2 Å². The van der Waals surface area contributed by atoms with Crippen LogP contribution in [0, 0.1) is 5.41 Å². The van der Waals surface area contributed by atoms with Gasteiger partial charge in [-0.2, -0.15) is 0 Å². The zero-order chi connectivity index (χ0) is 24.1. The van der Waals surface area contributed by atoms with Gasteiger partial charge >= 0.3 is 0 Å². The van der Waals surface area contributed by atoms with Crippen LogP contribution in [0.4, 0.5) is 0 Å². The van der Waals surface area contributed by atoms with Crippen molar-refractivity contribution in [3.8, 4) is 0 Å². The minimum absolute atomic E-state index is 0.497. The second-order valence-electron chi connectivity index (χ2n) is 8.91. The van der Waals surface area contributed by atoms with Gasteiger partial charge in [-0.3, -0.25) is 0 Å². The first kappa shape index (κ1) is 23.0. The van der Waals surface area contributed by atoms with E-state index in [1.807, 2.05) is 0 Å². The molecule has 0 radical (unpaired) electrons. The normalized spacial score (nSPS) is 15.0. The van der Waals surface area contributed by atoms with Crippen LogP contribution in [0.15, 0.2) is 121 Å². The maximum atomic E-state index is 6.01. The number of hydrogen-bond acceptors (Lipinski definition) is 2. The lowest BCUT2D eigenvalue weighted by molar-refractivity contribution is 0.0791. The van der Waals surface area contributed by atoms with Crippen molar-refractivity contribution >= 4 is 22.3 Å². The van der Waals surface area contributed by atoms with Gasteiger partial charge in [0.1, 0.15) is 0 Å². The second-order valence-corrected chi connectivity index (χ2v) is 8.91. The van der Waals surface area contributed by atoms with Crippen LogP contribution in [0.5, 0.6) is 0 Å². The summed E-state index contributed by atoms with van der Waals surface area (Å²) in [6.07, 6.45) is 0. The molecule has 0 aromatic heterocycles. The second kappa shape index (κ2) is 10.3. The molecule has 0 atom stereocenters. The Morgan fingerprint density at radius 2 is 0.714 bits per heavy atom. The molecule has 0 N–H and O–H groups in total. The summed E-state index contributed by atoms with van der Waals surface area (Å²) in [6.45, 7) is 1.00. The average molecular weight is 459 g/mol. The molecule has 1 aliphatic carbocycles. The zero-order valence-electron chi connectivity index (χ0n) is 20.3. The van der Waals surface area contributed by atoms with Crippen LogP contribution in [-0.4, -0.2) is 27.4 Å². The standard InChI is InChI=1S/C33H30O2/c1-34-23-33(24-35-2)31(27-19-11-5-12-20-27)29(25-15-7-3-8-16-25)30(26-17-9-4-10-18-26)32(33)28-21-13-6-14-22-28/h3-22H,23-24H2,1-2H3. The predicted molar refractivity (Wildman–Crippen MR) is 146 cm³/mol. The molecule has 0 heterocycles. The van der Waals surface area contributed by atoms with Gasteiger partial charge in [0.05, 0.1) is 18.6 Å². The number of allylic oxidation sites excluding steroid dienone is 2. The zero-order valence-corrected chi connectivity index (χ0v) is 20.3. The van der Waals surface area contributed by atoms with Crippen LogP contribution < -0.4 is 0 Å². The molecule has 1 aliphatic rings. The highest BCUT2D eigenvalue weighted by Gasteiger charge is 2.48. The minimum atomic E-state index is -0.497. The maximum Gasteiger partial charge on any atom is 0.0693 e. The molecule has 4 aromatic carbocycles. The quantitative estimate of drug-likeness (QED) is 0.272. The molecule has 0 saturated carbocycles. The summed E-state index contributed by atoms with van der Waals surface area (Å²) >= 11 is 0. The Balaban J connectivity index is 1.98.